The highest BCUT2D eigenvalue weighted by Gasteiger charge is 2.44. The van der Waals surface area contributed by atoms with Crippen molar-refractivity contribution in [2.24, 2.45) is 10.8 Å². The second-order valence-electron chi connectivity index (χ2n) is 25.2. The summed E-state index contributed by atoms with van der Waals surface area (Å²) in [7, 11) is 5.43. The number of ether oxygens (including phenoxy) is 11. The molecule has 0 radical (unpaired) electrons. The molecule has 0 aromatic heterocycles. The van der Waals surface area contributed by atoms with Gasteiger partial charge in [0.25, 0.3) is 11.8 Å². The van der Waals surface area contributed by atoms with Crippen LogP contribution in [0.1, 0.15) is 134 Å². The van der Waals surface area contributed by atoms with Crippen molar-refractivity contribution in [3.05, 3.63) is 132 Å². The zero-order valence-electron chi connectivity index (χ0n) is 57.3. The second kappa shape index (κ2) is 36.5. The summed E-state index contributed by atoms with van der Waals surface area (Å²) in [5, 5.41) is 9.03. The Kier molecular flexibility index (Phi) is 29.3. The van der Waals surface area contributed by atoms with E-state index in [1.165, 1.54) is 78.1 Å². The number of carboxylic acids is 1. The van der Waals surface area contributed by atoms with Gasteiger partial charge in [-0.25, -0.2) is 37.5 Å². The largest absolute Gasteiger partial charge is 0.493 e. The Morgan fingerprint density at radius 3 is 1.32 bits per heavy atom. The zero-order chi connectivity index (χ0) is 72.7. The first-order valence-corrected chi connectivity index (χ1v) is 31.7. The molecular weight excluding hydrogens is 1280 g/mol. The van der Waals surface area contributed by atoms with Crippen molar-refractivity contribution in [3.63, 3.8) is 0 Å². The fourth-order valence-electron chi connectivity index (χ4n) is 10.5. The lowest BCUT2D eigenvalue weighted by Crippen LogP contribution is -2.53. The Morgan fingerprint density at radius 2 is 0.959 bits per heavy atom. The second-order valence-corrected chi connectivity index (χ2v) is 25.2. The number of esters is 5. The monoisotopic (exact) mass is 1370 g/mol. The quantitative estimate of drug-likeness (QED) is 0.0206. The Morgan fingerprint density at radius 1 is 0.561 bits per heavy atom. The van der Waals surface area contributed by atoms with Crippen molar-refractivity contribution in [3.8, 4) is 34.5 Å². The van der Waals surface area contributed by atoms with Gasteiger partial charge < -0.3 is 67.0 Å². The Labute approximate surface area is 568 Å². The molecule has 0 unspecified atom stereocenters. The van der Waals surface area contributed by atoms with Crippen LogP contribution in [0.25, 0.3) is 0 Å². The smallest absolute Gasteiger partial charge is 0.344 e. The molecule has 0 spiro atoms. The van der Waals surface area contributed by atoms with Crippen molar-refractivity contribution in [2.45, 2.75) is 143 Å². The average molecular weight is 1370 g/mol. The van der Waals surface area contributed by atoms with Gasteiger partial charge in [-0.15, -0.1) is 0 Å². The van der Waals surface area contributed by atoms with Crippen LogP contribution in [0.15, 0.2) is 98.1 Å². The van der Waals surface area contributed by atoms with Gasteiger partial charge in [0.05, 0.1) is 39.3 Å². The van der Waals surface area contributed by atoms with Crippen molar-refractivity contribution in [2.75, 3.05) is 68.0 Å². The van der Waals surface area contributed by atoms with Gasteiger partial charge in [-0.1, -0.05) is 49.6 Å². The van der Waals surface area contributed by atoms with Crippen LogP contribution in [0.4, 0.5) is 8.78 Å². The maximum atomic E-state index is 15.4. The molecule has 2 aliphatic rings. The number of carbonyl (C=O) groups is 10. The lowest BCUT2D eigenvalue weighted by atomic mass is 9.87. The molecule has 2 fully saturated rings. The van der Waals surface area contributed by atoms with E-state index in [0.717, 1.165) is 12.2 Å². The molecule has 26 heteroatoms. The fraction of sp³-hybridized carbons (Fsp3) is 0.472. The highest BCUT2D eigenvalue weighted by atomic mass is 19.1. The Hall–Kier alpha value is -9.88. The number of Topliss-reactive ketones (excluding diaryl/α,β-unsaturated/α-hetero) is 2. The molecule has 24 nitrogen and oxygen atoms in total. The normalized spacial score (nSPS) is 15.2. The summed E-state index contributed by atoms with van der Waals surface area (Å²) >= 11 is 0. The van der Waals surface area contributed by atoms with Crippen LogP contribution in [0, 0.1) is 22.5 Å². The van der Waals surface area contributed by atoms with Gasteiger partial charge in [0.1, 0.15) is 54.6 Å². The topological polar surface area (TPSA) is 299 Å². The number of rotatable bonds is 32. The number of methoxy groups -OCH3 is 4. The number of ketones is 2. The number of amides is 2. The van der Waals surface area contributed by atoms with E-state index in [-0.39, 0.29) is 111 Å². The molecule has 2 amide bonds. The first-order chi connectivity index (χ1) is 46.3. The Balaban J connectivity index is 0.000000355. The molecule has 6 rings (SSSR count). The number of hydrogen-bond donors (Lipinski definition) is 1. The summed E-state index contributed by atoms with van der Waals surface area (Å²) in [6.45, 7) is 16.3. The van der Waals surface area contributed by atoms with Crippen LogP contribution < -0.4 is 28.4 Å². The molecule has 4 atom stereocenters. The third-order valence-electron chi connectivity index (χ3n) is 15.8. The summed E-state index contributed by atoms with van der Waals surface area (Å²) < 4.78 is 89.9. The number of hydrogen-bond acceptors (Lipinski definition) is 21. The van der Waals surface area contributed by atoms with Gasteiger partial charge in [-0.05, 0) is 171 Å². The van der Waals surface area contributed by atoms with Crippen molar-refractivity contribution >= 4 is 59.2 Å². The van der Waals surface area contributed by atoms with E-state index in [0.29, 0.717) is 42.6 Å². The lowest BCUT2D eigenvalue weighted by molar-refractivity contribution is -0.165. The molecule has 532 valence electrons. The van der Waals surface area contributed by atoms with Gasteiger partial charge in [-0.3, -0.25) is 19.2 Å². The maximum Gasteiger partial charge on any atom is 0.344 e. The SMILES string of the molecule is C=CC(=O)OCC(C)(C)C(=O)C(=O)N1CCCC[C@H]1C(=O)O[C@H](CCc1ccc(OC)c(OC)c1F)c1cccc(OCC(=O)O)c1.C=CC(=O)OCC(C)(C)C(=O)C(=O)N1CCCC[C@H]1C(=O)O[C@H](CCc1ccc(OC)c(OC)c1F)c1cccc(OCC(=O)OC(C)(C)C)c1. The molecule has 0 bridgehead atoms. The minimum Gasteiger partial charge on any atom is -0.493 e. The number of piperidine rings is 2. The molecule has 4 aromatic carbocycles. The third kappa shape index (κ3) is 22.3. The number of aliphatic carboxylic acids is 1. The van der Waals surface area contributed by atoms with Crippen LogP contribution in [-0.2, 0) is 84.5 Å². The van der Waals surface area contributed by atoms with Gasteiger partial charge in [-0.2, -0.15) is 0 Å². The number of aryl methyl sites for hydroxylation is 2. The number of halogens is 2. The highest BCUT2D eigenvalue weighted by molar-refractivity contribution is 6.39. The van der Waals surface area contributed by atoms with Gasteiger partial charge in [0.15, 0.2) is 47.8 Å². The van der Waals surface area contributed by atoms with E-state index in [1.54, 1.807) is 81.4 Å². The minimum atomic E-state index is -1.37. The summed E-state index contributed by atoms with van der Waals surface area (Å²) in [6.07, 6.45) is 3.16. The number of nitrogens with zero attached hydrogens (tertiary/aromatic N) is 2. The van der Waals surface area contributed by atoms with E-state index in [4.69, 9.17) is 57.2 Å². The molecule has 2 saturated heterocycles. The molecule has 1 N–H and O–H groups in total. The molecule has 4 aromatic rings. The molecule has 2 aliphatic heterocycles. The van der Waals surface area contributed by atoms with Crippen LogP contribution >= 0.6 is 0 Å². The predicted molar refractivity (Wildman–Crippen MR) is 349 cm³/mol. The number of carbonyl (C=O) groups excluding carboxylic acids is 9. The molecule has 0 aliphatic carbocycles. The molecular formula is C72H88F2N2O22. The first-order valence-electron chi connectivity index (χ1n) is 31.7. The van der Waals surface area contributed by atoms with E-state index in [1.807, 2.05) is 0 Å². The summed E-state index contributed by atoms with van der Waals surface area (Å²) in [5.74, 6) is -8.66. The van der Waals surface area contributed by atoms with Crippen molar-refractivity contribution in [1.29, 1.82) is 0 Å². The summed E-state index contributed by atoms with van der Waals surface area (Å²) in [6, 6.07) is 17.0. The van der Waals surface area contributed by atoms with Crippen LogP contribution in [-0.4, -0.2) is 160 Å². The summed E-state index contributed by atoms with van der Waals surface area (Å²) in [5.41, 5.74) is -1.96. The number of benzene rings is 4. The lowest BCUT2D eigenvalue weighted by Gasteiger charge is -2.36. The van der Waals surface area contributed by atoms with E-state index in [2.05, 4.69) is 13.2 Å². The van der Waals surface area contributed by atoms with Crippen LogP contribution in [0.3, 0.4) is 0 Å². The van der Waals surface area contributed by atoms with Crippen molar-refractivity contribution in [1.82, 2.24) is 9.80 Å². The average Bonchev–Trinajstić information content (AvgIpc) is 0.814. The van der Waals surface area contributed by atoms with Crippen LogP contribution in [0.5, 0.6) is 34.5 Å². The van der Waals surface area contributed by atoms with E-state index < -0.39 is 118 Å². The Bertz CT molecular complexity index is 3540. The predicted octanol–water partition coefficient (Wildman–Crippen LogP) is 9.72. The summed E-state index contributed by atoms with van der Waals surface area (Å²) in [4.78, 5) is 130. The van der Waals surface area contributed by atoms with Gasteiger partial charge in [0, 0.05) is 25.2 Å². The zero-order valence-corrected chi connectivity index (χ0v) is 57.3. The molecule has 0 saturated carbocycles. The molecule has 98 heavy (non-hydrogen) atoms. The maximum absolute atomic E-state index is 15.4. The van der Waals surface area contributed by atoms with Gasteiger partial charge >= 0.3 is 35.8 Å². The molecule has 2 heterocycles. The fourth-order valence-corrected chi connectivity index (χ4v) is 10.5. The van der Waals surface area contributed by atoms with Crippen molar-refractivity contribution < 1.29 is 114 Å². The standard InChI is InChI=1S/C38H48FNO11.C34H40FNO11/c1-9-30(41)49-23-38(5,6)34(43)35(44)40-20-11-10-15-27(40)36(45)50-28(18-16-24-17-19-29(46-7)33(47-8)32(24)39)25-13-12-14-26(21-25)48-22-31(42)51-37(2,3)4;1-6-28(39)46-20-34(2,3)31(40)32(41)36-17-8-7-12-24(36)33(42)47-25(22-10-9-11-23(18-22)45-19-27(37)38)15-13-21-14-16-26(43-4)30(44-5)29(21)35/h9,12-14,17,19,21,27-28H,1,10-11,15-16,18,20,22-23H2,2-8H3;6,9-11,14,16,18,24-25H,1,7-8,12-13,15,17,19-20H2,2-5H3,(H,37,38)/t27-,28+;24-,25+/m00/s1. The highest BCUT2D eigenvalue weighted by Crippen LogP contribution is 2.38. The van der Waals surface area contributed by atoms with E-state index >= 15 is 8.78 Å². The number of likely N-dealkylation sites (tertiary alicyclic amines) is 2. The third-order valence-corrected chi connectivity index (χ3v) is 15.8. The minimum absolute atomic E-state index is 0.0655. The number of carboxylic acid groups (broad SMARTS) is 1. The van der Waals surface area contributed by atoms with E-state index in [9.17, 15) is 47.9 Å². The first kappa shape index (κ1) is 78.8. The van der Waals surface area contributed by atoms with Crippen LogP contribution in [0.2, 0.25) is 0 Å². The van der Waals surface area contributed by atoms with Gasteiger partial charge in [0.2, 0.25) is 11.6 Å².